The molecule has 96 valence electrons. The molecular weight excluding hydrogens is 224 g/mol. The highest BCUT2D eigenvalue weighted by Crippen LogP contribution is 2.15. The minimum atomic E-state index is -0.474. The lowest BCUT2D eigenvalue weighted by atomic mass is 10.0. The van der Waals surface area contributed by atoms with E-state index in [9.17, 15) is 8.78 Å². The Bertz CT molecular complexity index is 318. The normalized spacial score (nSPS) is 12.7. The van der Waals surface area contributed by atoms with Crippen LogP contribution in [0.5, 0.6) is 0 Å². The quantitative estimate of drug-likeness (QED) is 0.794. The molecule has 1 rings (SSSR count). The Balaban J connectivity index is 2.58. The fraction of sp³-hybridized carbons (Fsp3) is 0.538. The average Bonchev–Trinajstić information content (AvgIpc) is 2.29. The third-order valence-corrected chi connectivity index (χ3v) is 2.67. The first kappa shape index (κ1) is 14.1. The van der Waals surface area contributed by atoms with Crippen LogP contribution in [0.4, 0.5) is 8.78 Å². The standard InChI is InChI=1S/C13H19F2NO/c1-3-16-10(9-17-2)7-8-11-12(14)5-4-6-13(11)15/h4-6,10,16H,3,7-9H2,1-2H3. The molecule has 0 fully saturated rings. The highest BCUT2D eigenvalue weighted by Gasteiger charge is 2.12. The second-order valence-electron chi connectivity index (χ2n) is 3.95. The molecule has 1 aromatic rings. The van der Waals surface area contributed by atoms with Crippen molar-refractivity contribution in [3.63, 3.8) is 0 Å². The van der Waals surface area contributed by atoms with Crippen molar-refractivity contribution in [1.82, 2.24) is 5.32 Å². The van der Waals surface area contributed by atoms with Crippen molar-refractivity contribution in [1.29, 1.82) is 0 Å². The summed E-state index contributed by atoms with van der Waals surface area (Å²) in [6, 6.07) is 4.09. The number of nitrogens with one attached hydrogen (secondary N) is 1. The molecule has 1 atom stereocenters. The fourth-order valence-electron chi connectivity index (χ4n) is 1.82. The second-order valence-corrected chi connectivity index (χ2v) is 3.95. The van der Waals surface area contributed by atoms with Gasteiger partial charge >= 0.3 is 0 Å². The molecule has 0 saturated heterocycles. The van der Waals surface area contributed by atoms with Gasteiger partial charge in [0.1, 0.15) is 11.6 Å². The lowest BCUT2D eigenvalue weighted by molar-refractivity contribution is 0.163. The van der Waals surface area contributed by atoms with Crippen LogP contribution in [-0.2, 0) is 11.2 Å². The van der Waals surface area contributed by atoms with E-state index in [1.807, 2.05) is 6.92 Å². The molecule has 4 heteroatoms. The summed E-state index contributed by atoms with van der Waals surface area (Å²) in [6.07, 6.45) is 1.03. The van der Waals surface area contributed by atoms with Gasteiger partial charge in [0, 0.05) is 18.7 Å². The number of hydrogen-bond acceptors (Lipinski definition) is 2. The molecule has 1 N–H and O–H groups in total. The summed E-state index contributed by atoms with van der Waals surface area (Å²) in [4.78, 5) is 0. The van der Waals surface area contributed by atoms with Gasteiger partial charge in [-0.25, -0.2) is 8.78 Å². The Morgan fingerprint density at radius 1 is 1.29 bits per heavy atom. The van der Waals surface area contributed by atoms with Crippen LogP contribution in [-0.4, -0.2) is 26.3 Å². The molecule has 0 aliphatic heterocycles. The van der Waals surface area contributed by atoms with Gasteiger partial charge in [-0.2, -0.15) is 0 Å². The van der Waals surface area contributed by atoms with Crippen LogP contribution in [0.3, 0.4) is 0 Å². The van der Waals surface area contributed by atoms with E-state index in [0.717, 1.165) is 6.54 Å². The SMILES string of the molecule is CCNC(CCc1c(F)cccc1F)COC. The number of rotatable bonds is 7. The lowest BCUT2D eigenvalue weighted by Gasteiger charge is -2.17. The van der Waals surface area contributed by atoms with E-state index < -0.39 is 11.6 Å². The largest absolute Gasteiger partial charge is 0.383 e. The van der Waals surface area contributed by atoms with Gasteiger partial charge in [-0.3, -0.25) is 0 Å². The highest BCUT2D eigenvalue weighted by atomic mass is 19.1. The Kier molecular flexibility index (Phi) is 6.08. The van der Waals surface area contributed by atoms with Crippen molar-refractivity contribution in [2.75, 3.05) is 20.3 Å². The first-order valence-electron chi connectivity index (χ1n) is 5.84. The van der Waals surface area contributed by atoms with E-state index in [0.29, 0.717) is 19.4 Å². The van der Waals surface area contributed by atoms with Gasteiger partial charge in [-0.05, 0) is 31.5 Å². The van der Waals surface area contributed by atoms with Gasteiger partial charge in [-0.1, -0.05) is 13.0 Å². The third-order valence-electron chi connectivity index (χ3n) is 2.67. The highest BCUT2D eigenvalue weighted by molar-refractivity contribution is 5.19. The minimum absolute atomic E-state index is 0.129. The summed E-state index contributed by atoms with van der Waals surface area (Å²) in [5, 5.41) is 3.22. The van der Waals surface area contributed by atoms with Gasteiger partial charge in [0.25, 0.3) is 0 Å². The van der Waals surface area contributed by atoms with Gasteiger partial charge in [0.15, 0.2) is 0 Å². The van der Waals surface area contributed by atoms with E-state index in [1.54, 1.807) is 7.11 Å². The summed E-state index contributed by atoms with van der Waals surface area (Å²) >= 11 is 0. The number of benzene rings is 1. The van der Waals surface area contributed by atoms with Crippen LogP contribution in [0.2, 0.25) is 0 Å². The van der Waals surface area contributed by atoms with E-state index in [4.69, 9.17) is 4.74 Å². The van der Waals surface area contributed by atoms with Crippen molar-refractivity contribution >= 4 is 0 Å². The molecule has 1 unspecified atom stereocenters. The summed E-state index contributed by atoms with van der Waals surface area (Å²) in [5.41, 5.74) is 0.159. The molecule has 0 amide bonds. The first-order valence-corrected chi connectivity index (χ1v) is 5.84. The number of ether oxygens (including phenoxy) is 1. The van der Waals surface area contributed by atoms with Gasteiger partial charge in [0.2, 0.25) is 0 Å². The summed E-state index contributed by atoms with van der Waals surface area (Å²) in [6.45, 7) is 3.35. The first-order chi connectivity index (χ1) is 8.19. The zero-order chi connectivity index (χ0) is 12.7. The van der Waals surface area contributed by atoms with E-state index in [1.165, 1.54) is 18.2 Å². The van der Waals surface area contributed by atoms with Crippen LogP contribution in [0.15, 0.2) is 18.2 Å². The average molecular weight is 243 g/mol. The maximum atomic E-state index is 13.4. The molecule has 0 aliphatic rings. The van der Waals surface area contributed by atoms with Gasteiger partial charge < -0.3 is 10.1 Å². The number of hydrogen-bond donors (Lipinski definition) is 1. The molecule has 0 heterocycles. The molecule has 1 aromatic carbocycles. The smallest absolute Gasteiger partial charge is 0.129 e. The van der Waals surface area contributed by atoms with Crippen LogP contribution in [0, 0.1) is 11.6 Å². The Labute approximate surface area is 101 Å². The molecule has 0 saturated carbocycles. The lowest BCUT2D eigenvalue weighted by Crippen LogP contribution is -2.33. The van der Waals surface area contributed by atoms with Crippen molar-refractivity contribution in [3.05, 3.63) is 35.4 Å². The molecule has 0 aromatic heterocycles. The molecule has 0 radical (unpaired) electrons. The number of halogens is 2. The van der Waals surface area contributed by atoms with Crippen molar-refractivity contribution in [2.45, 2.75) is 25.8 Å². The van der Waals surface area contributed by atoms with Crippen LogP contribution >= 0.6 is 0 Å². The van der Waals surface area contributed by atoms with Crippen LogP contribution in [0.1, 0.15) is 18.9 Å². The van der Waals surface area contributed by atoms with Gasteiger partial charge in [0.05, 0.1) is 6.61 Å². The number of likely N-dealkylation sites (N-methyl/N-ethyl adjacent to an activating group) is 1. The van der Waals surface area contributed by atoms with Gasteiger partial charge in [-0.15, -0.1) is 0 Å². The Morgan fingerprint density at radius 2 is 1.94 bits per heavy atom. The maximum Gasteiger partial charge on any atom is 0.129 e. The van der Waals surface area contributed by atoms with Crippen LogP contribution < -0.4 is 5.32 Å². The summed E-state index contributed by atoms with van der Waals surface area (Å²) in [5.74, 6) is -0.949. The van der Waals surface area contributed by atoms with E-state index >= 15 is 0 Å². The maximum absolute atomic E-state index is 13.4. The van der Waals surface area contributed by atoms with Crippen LogP contribution in [0.25, 0.3) is 0 Å². The Morgan fingerprint density at radius 3 is 2.47 bits per heavy atom. The second kappa shape index (κ2) is 7.35. The summed E-state index contributed by atoms with van der Waals surface area (Å²) in [7, 11) is 1.62. The van der Waals surface area contributed by atoms with E-state index in [2.05, 4.69) is 5.32 Å². The third kappa shape index (κ3) is 4.40. The molecule has 0 bridgehead atoms. The summed E-state index contributed by atoms with van der Waals surface area (Å²) < 4.78 is 31.8. The Hall–Kier alpha value is -1.00. The minimum Gasteiger partial charge on any atom is -0.383 e. The van der Waals surface area contributed by atoms with Crippen molar-refractivity contribution < 1.29 is 13.5 Å². The fourth-order valence-corrected chi connectivity index (χ4v) is 1.82. The monoisotopic (exact) mass is 243 g/mol. The predicted octanol–water partition coefficient (Wildman–Crippen LogP) is 2.52. The predicted molar refractivity (Wildman–Crippen MR) is 64.0 cm³/mol. The molecule has 2 nitrogen and oxygen atoms in total. The van der Waals surface area contributed by atoms with E-state index in [-0.39, 0.29) is 11.6 Å². The molecule has 0 aliphatic carbocycles. The molecule has 17 heavy (non-hydrogen) atoms. The zero-order valence-electron chi connectivity index (χ0n) is 10.3. The van der Waals surface area contributed by atoms with Crippen molar-refractivity contribution in [2.24, 2.45) is 0 Å². The van der Waals surface area contributed by atoms with Crippen molar-refractivity contribution in [3.8, 4) is 0 Å². The molecular formula is C13H19F2NO. The zero-order valence-corrected chi connectivity index (χ0v) is 10.3. The molecule has 0 spiro atoms. The topological polar surface area (TPSA) is 21.3 Å². The number of methoxy groups -OCH3 is 1.